The Morgan fingerprint density at radius 3 is 1.92 bits per heavy atom. The molecule has 0 aromatic heterocycles. The Morgan fingerprint density at radius 1 is 0.808 bits per heavy atom. The van der Waals surface area contributed by atoms with Gasteiger partial charge in [-0.2, -0.15) is 5.10 Å². The van der Waals surface area contributed by atoms with Crippen LogP contribution in [-0.4, -0.2) is 16.8 Å². The van der Waals surface area contributed by atoms with Crippen LogP contribution in [0.5, 0.6) is 0 Å². The van der Waals surface area contributed by atoms with E-state index in [2.05, 4.69) is 0 Å². The van der Waals surface area contributed by atoms with Crippen LogP contribution in [-0.2, 0) is 4.79 Å². The molecule has 0 bridgehead atoms. The fourth-order valence-electron chi connectivity index (χ4n) is 3.41. The van der Waals surface area contributed by atoms with Crippen molar-refractivity contribution in [1.29, 1.82) is 0 Å². The van der Waals surface area contributed by atoms with Crippen LogP contribution in [0.4, 0.5) is 5.69 Å². The molecular weight excluding hydrogens is 324 g/mol. The molecule has 128 valence electrons. The van der Waals surface area contributed by atoms with E-state index in [1.807, 2.05) is 96.0 Å². The summed E-state index contributed by atoms with van der Waals surface area (Å²) >= 11 is 0. The highest BCUT2D eigenvalue weighted by molar-refractivity contribution is 6.14. The van der Waals surface area contributed by atoms with Gasteiger partial charge in [-0.05, 0) is 23.3 Å². The van der Waals surface area contributed by atoms with E-state index in [4.69, 9.17) is 5.10 Å². The number of carboxylic acids is 1. The summed E-state index contributed by atoms with van der Waals surface area (Å²) in [6, 6.07) is 28.5. The minimum absolute atomic E-state index is 0.397. The Bertz CT molecular complexity index is 924. The minimum atomic E-state index is -0.875. The number of carboxylic acid groups (broad SMARTS) is 1. The molecule has 1 N–H and O–H groups in total. The summed E-state index contributed by atoms with van der Waals surface area (Å²) in [5.41, 5.74) is 3.21. The Morgan fingerprint density at radius 2 is 1.35 bits per heavy atom. The third kappa shape index (κ3) is 2.86. The predicted octanol–water partition coefficient (Wildman–Crippen LogP) is 4.35. The molecule has 0 aliphatic carbocycles. The highest BCUT2D eigenvalue weighted by Crippen LogP contribution is 2.40. The van der Waals surface area contributed by atoms with Crippen LogP contribution in [0.2, 0.25) is 0 Å². The van der Waals surface area contributed by atoms with Crippen molar-refractivity contribution < 1.29 is 9.90 Å². The molecule has 4 heteroatoms. The van der Waals surface area contributed by atoms with Gasteiger partial charge in [-0.15, -0.1) is 0 Å². The fourth-order valence-corrected chi connectivity index (χ4v) is 3.41. The average molecular weight is 342 g/mol. The smallest absolute Gasteiger partial charge is 0.315 e. The van der Waals surface area contributed by atoms with Crippen molar-refractivity contribution in [2.45, 2.75) is 6.04 Å². The Labute approximate surface area is 152 Å². The topological polar surface area (TPSA) is 52.9 Å². The molecule has 0 saturated heterocycles. The summed E-state index contributed by atoms with van der Waals surface area (Å²) in [5, 5.41) is 16.6. The quantitative estimate of drug-likeness (QED) is 0.767. The number of carbonyl (C=O) groups is 1. The van der Waals surface area contributed by atoms with E-state index in [9.17, 15) is 9.90 Å². The minimum Gasteiger partial charge on any atom is -0.481 e. The van der Waals surface area contributed by atoms with Crippen LogP contribution in [0.15, 0.2) is 96.1 Å². The van der Waals surface area contributed by atoms with E-state index in [0.717, 1.165) is 16.8 Å². The number of anilines is 1. The molecule has 1 heterocycles. The van der Waals surface area contributed by atoms with Crippen LogP contribution >= 0.6 is 0 Å². The predicted molar refractivity (Wildman–Crippen MR) is 102 cm³/mol. The molecular formula is C22H18N2O2. The summed E-state index contributed by atoms with van der Waals surface area (Å²) < 4.78 is 0. The lowest BCUT2D eigenvalue weighted by Crippen LogP contribution is -2.31. The summed E-state index contributed by atoms with van der Waals surface area (Å²) in [7, 11) is 0. The average Bonchev–Trinajstić information content (AvgIpc) is 3.11. The van der Waals surface area contributed by atoms with Crippen molar-refractivity contribution in [2.24, 2.45) is 11.0 Å². The van der Waals surface area contributed by atoms with Gasteiger partial charge < -0.3 is 5.11 Å². The maximum Gasteiger partial charge on any atom is 0.315 e. The molecule has 3 aromatic carbocycles. The van der Waals surface area contributed by atoms with Crippen molar-refractivity contribution in [2.75, 3.05) is 5.01 Å². The second kappa shape index (κ2) is 6.84. The summed E-state index contributed by atoms with van der Waals surface area (Å²) in [6.07, 6.45) is 0. The zero-order valence-electron chi connectivity index (χ0n) is 14.1. The van der Waals surface area contributed by atoms with Crippen LogP contribution in [0, 0.1) is 5.92 Å². The lowest BCUT2D eigenvalue weighted by molar-refractivity contribution is -0.139. The van der Waals surface area contributed by atoms with Crippen LogP contribution < -0.4 is 5.01 Å². The highest BCUT2D eigenvalue weighted by Gasteiger charge is 2.44. The maximum absolute atomic E-state index is 12.2. The molecule has 0 amide bonds. The van der Waals surface area contributed by atoms with Gasteiger partial charge in [0.25, 0.3) is 0 Å². The van der Waals surface area contributed by atoms with Gasteiger partial charge >= 0.3 is 5.97 Å². The fraction of sp³-hybridized carbons (Fsp3) is 0.0909. The van der Waals surface area contributed by atoms with Crippen molar-refractivity contribution in [3.05, 3.63) is 102 Å². The molecule has 4 rings (SSSR count). The summed E-state index contributed by atoms with van der Waals surface area (Å²) in [6.45, 7) is 0. The van der Waals surface area contributed by atoms with Gasteiger partial charge in [0, 0.05) is 0 Å². The van der Waals surface area contributed by atoms with Crippen LogP contribution in [0.3, 0.4) is 0 Å². The van der Waals surface area contributed by atoms with E-state index in [1.165, 1.54) is 0 Å². The van der Waals surface area contributed by atoms with E-state index in [1.54, 1.807) is 0 Å². The van der Waals surface area contributed by atoms with Gasteiger partial charge in [0.05, 0.1) is 17.4 Å². The number of para-hydroxylation sites is 1. The molecule has 0 radical (unpaired) electrons. The SMILES string of the molecule is O=C(O)C1C(c2ccccc2)=NN(c2ccccc2)C1c1ccccc1. The third-order valence-corrected chi connectivity index (χ3v) is 4.59. The first-order valence-electron chi connectivity index (χ1n) is 8.51. The zero-order chi connectivity index (χ0) is 17.9. The van der Waals surface area contributed by atoms with Gasteiger partial charge in [-0.3, -0.25) is 9.80 Å². The molecule has 0 fully saturated rings. The second-order valence-corrected chi connectivity index (χ2v) is 6.20. The molecule has 26 heavy (non-hydrogen) atoms. The van der Waals surface area contributed by atoms with E-state index in [0.29, 0.717) is 5.71 Å². The Kier molecular flexibility index (Phi) is 4.23. The maximum atomic E-state index is 12.2. The number of rotatable bonds is 4. The summed E-state index contributed by atoms with van der Waals surface area (Å²) in [5.74, 6) is -1.63. The number of nitrogens with zero attached hydrogens (tertiary/aromatic N) is 2. The monoisotopic (exact) mass is 342 g/mol. The Hall–Kier alpha value is -3.40. The third-order valence-electron chi connectivity index (χ3n) is 4.59. The molecule has 0 spiro atoms. The number of benzene rings is 3. The molecule has 2 atom stereocenters. The lowest BCUT2D eigenvalue weighted by atomic mass is 9.87. The van der Waals surface area contributed by atoms with Crippen molar-refractivity contribution in [3.63, 3.8) is 0 Å². The molecule has 3 aromatic rings. The zero-order valence-corrected chi connectivity index (χ0v) is 14.1. The van der Waals surface area contributed by atoms with E-state index in [-0.39, 0.29) is 0 Å². The van der Waals surface area contributed by atoms with Crippen molar-refractivity contribution in [3.8, 4) is 0 Å². The second-order valence-electron chi connectivity index (χ2n) is 6.20. The largest absolute Gasteiger partial charge is 0.481 e. The van der Waals surface area contributed by atoms with E-state index >= 15 is 0 Å². The van der Waals surface area contributed by atoms with Gasteiger partial charge in [0.1, 0.15) is 5.92 Å². The van der Waals surface area contributed by atoms with E-state index < -0.39 is 17.9 Å². The molecule has 1 aliphatic heterocycles. The van der Waals surface area contributed by atoms with Gasteiger partial charge in [0.2, 0.25) is 0 Å². The number of aliphatic carboxylic acids is 1. The van der Waals surface area contributed by atoms with Gasteiger partial charge in [0.15, 0.2) is 0 Å². The van der Waals surface area contributed by atoms with Crippen molar-refractivity contribution in [1.82, 2.24) is 0 Å². The number of hydrazone groups is 1. The van der Waals surface area contributed by atoms with Crippen molar-refractivity contribution >= 4 is 17.4 Å². The number of hydrogen-bond donors (Lipinski definition) is 1. The molecule has 0 saturated carbocycles. The molecule has 4 nitrogen and oxygen atoms in total. The summed E-state index contributed by atoms with van der Waals surface area (Å²) in [4.78, 5) is 12.2. The first kappa shape index (κ1) is 16.1. The van der Waals surface area contributed by atoms with Gasteiger partial charge in [-0.25, -0.2) is 0 Å². The molecule has 1 aliphatic rings. The number of hydrogen-bond acceptors (Lipinski definition) is 3. The highest BCUT2D eigenvalue weighted by atomic mass is 16.4. The normalized spacial score (nSPS) is 19.2. The van der Waals surface area contributed by atoms with Gasteiger partial charge in [-0.1, -0.05) is 78.9 Å². The van der Waals surface area contributed by atoms with Crippen LogP contribution in [0.25, 0.3) is 0 Å². The van der Waals surface area contributed by atoms with Crippen LogP contribution in [0.1, 0.15) is 17.2 Å². The lowest BCUT2D eigenvalue weighted by Gasteiger charge is -2.26. The first-order valence-corrected chi connectivity index (χ1v) is 8.51. The molecule has 2 unspecified atom stereocenters. The Balaban J connectivity index is 1.88. The standard InChI is InChI=1S/C22H18N2O2/c25-22(26)19-20(16-10-4-1-5-11-16)23-24(18-14-8-3-9-15-18)21(19)17-12-6-2-7-13-17/h1-15,19,21H,(H,25,26). The first-order chi connectivity index (χ1) is 12.8.